The van der Waals surface area contributed by atoms with Gasteiger partial charge in [-0.3, -0.25) is 4.90 Å². The maximum atomic E-state index is 3.56. The molecular formula is C12H27N3. The molecule has 1 aliphatic rings. The zero-order chi connectivity index (χ0) is 11.1. The van der Waals surface area contributed by atoms with Gasteiger partial charge in [-0.15, -0.1) is 0 Å². The zero-order valence-corrected chi connectivity index (χ0v) is 10.6. The largest absolute Gasteiger partial charge is 0.315 e. The van der Waals surface area contributed by atoms with Gasteiger partial charge in [0.05, 0.1) is 0 Å². The van der Waals surface area contributed by atoms with Crippen molar-refractivity contribution in [3.8, 4) is 0 Å². The Labute approximate surface area is 94.6 Å². The van der Waals surface area contributed by atoms with Crippen LogP contribution in [0.25, 0.3) is 0 Å². The van der Waals surface area contributed by atoms with E-state index in [0.717, 1.165) is 26.2 Å². The minimum atomic E-state index is 0.301. The van der Waals surface area contributed by atoms with Crippen molar-refractivity contribution in [1.29, 1.82) is 0 Å². The number of rotatable bonds is 6. The Morgan fingerprint density at radius 3 is 2.53 bits per heavy atom. The number of unbranched alkanes of at least 4 members (excludes halogenated alkanes) is 1. The average Bonchev–Trinajstić information content (AvgIpc) is 2.26. The smallest absolute Gasteiger partial charge is 0.0278 e. The quantitative estimate of drug-likeness (QED) is 0.646. The highest BCUT2D eigenvalue weighted by molar-refractivity contribution is 4.86. The first-order valence-electron chi connectivity index (χ1n) is 6.33. The summed E-state index contributed by atoms with van der Waals surface area (Å²) in [5, 5.41) is 6.96. The summed E-state index contributed by atoms with van der Waals surface area (Å²) in [6.07, 6.45) is 2.57. The fraction of sp³-hybridized carbons (Fsp3) is 1.00. The van der Waals surface area contributed by atoms with Gasteiger partial charge in [0.1, 0.15) is 0 Å². The van der Waals surface area contributed by atoms with Gasteiger partial charge in [-0.25, -0.2) is 0 Å². The summed E-state index contributed by atoms with van der Waals surface area (Å²) in [7, 11) is 0. The Morgan fingerprint density at radius 2 is 1.93 bits per heavy atom. The van der Waals surface area contributed by atoms with Crippen molar-refractivity contribution in [2.24, 2.45) is 0 Å². The third-order valence-electron chi connectivity index (χ3n) is 3.24. The number of nitrogens with zero attached hydrogens (tertiary/aromatic N) is 1. The van der Waals surface area contributed by atoms with E-state index in [2.05, 4.69) is 36.3 Å². The van der Waals surface area contributed by atoms with Crippen molar-refractivity contribution in [3.05, 3.63) is 0 Å². The summed E-state index contributed by atoms with van der Waals surface area (Å²) in [5.74, 6) is 0. The lowest BCUT2D eigenvalue weighted by Crippen LogP contribution is -2.57. The van der Waals surface area contributed by atoms with Gasteiger partial charge in [-0.1, -0.05) is 13.3 Å². The third kappa shape index (κ3) is 4.49. The maximum absolute atomic E-state index is 3.56. The zero-order valence-electron chi connectivity index (χ0n) is 10.6. The van der Waals surface area contributed by atoms with E-state index in [4.69, 9.17) is 0 Å². The van der Waals surface area contributed by atoms with Gasteiger partial charge >= 0.3 is 0 Å². The molecule has 1 fully saturated rings. The number of piperazine rings is 1. The Balaban J connectivity index is 2.23. The molecule has 1 rings (SSSR count). The first-order chi connectivity index (χ1) is 7.17. The number of hydrogen-bond donors (Lipinski definition) is 2. The van der Waals surface area contributed by atoms with Crippen LogP contribution in [-0.2, 0) is 0 Å². The minimum absolute atomic E-state index is 0.301. The first-order valence-corrected chi connectivity index (χ1v) is 6.33. The van der Waals surface area contributed by atoms with Crippen LogP contribution in [0.4, 0.5) is 0 Å². The van der Waals surface area contributed by atoms with Gasteiger partial charge in [0.2, 0.25) is 0 Å². The predicted molar refractivity (Wildman–Crippen MR) is 66.3 cm³/mol. The van der Waals surface area contributed by atoms with E-state index in [1.807, 2.05) is 0 Å². The molecule has 0 aromatic carbocycles. The maximum Gasteiger partial charge on any atom is 0.0278 e. The normalized spacial score (nSPS) is 19.4. The molecular weight excluding hydrogens is 186 g/mol. The lowest BCUT2D eigenvalue weighted by molar-refractivity contribution is 0.102. The summed E-state index contributed by atoms with van der Waals surface area (Å²) < 4.78 is 0. The molecule has 0 aromatic heterocycles. The fourth-order valence-corrected chi connectivity index (χ4v) is 2.08. The van der Waals surface area contributed by atoms with Crippen molar-refractivity contribution in [2.45, 2.75) is 39.2 Å². The van der Waals surface area contributed by atoms with Crippen molar-refractivity contribution in [2.75, 3.05) is 39.3 Å². The van der Waals surface area contributed by atoms with E-state index in [9.17, 15) is 0 Å². The lowest BCUT2D eigenvalue weighted by atomic mass is 10.0. The van der Waals surface area contributed by atoms with Gasteiger partial charge < -0.3 is 10.6 Å². The lowest BCUT2D eigenvalue weighted by Gasteiger charge is -2.41. The van der Waals surface area contributed by atoms with Crippen molar-refractivity contribution in [1.82, 2.24) is 15.5 Å². The van der Waals surface area contributed by atoms with E-state index < -0.39 is 0 Å². The highest BCUT2D eigenvalue weighted by atomic mass is 15.2. The van der Waals surface area contributed by atoms with Crippen LogP contribution < -0.4 is 10.6 Å². The molecule has 0 atom stereocenters. The fourth-order valence-electron chi connectivity index (χ4n) is 2.08. The Morgan fingerprint density at radius 1 is 1.27 bits per heavy atom. The summed E-state index contributed by atoms with van der Waals surface area (Å²) in [6, 6.07) is 0. The van der Waals surface area contributed by atoms with Crippen LogP contribution in [-0.4, -0.2) is 49.7 Å². The minimum Gasteiger partial charge on any atom is -0.315 e. The van der Waals surface area contributed by atoms with E-state index in [-0.39, 0.29) is 0 Å². The van der Waals surface area contributed by atoms with Crippen LogP contribution in [0.5, 0.6) is 0 Å². The molecule has 0 unspecified atom stereocenters. The average molecular weight is 213 g/mol. The highest BCUT2D eigenvalue weighted by Gasteiger charge is 2.26. The molecule has 0 amide bonds. The van der Waals surface area contributed by atoms with E-state index >= 15 is 0 Å². The molecule has 0 aromatic rings. The molecule has 0 radical (unpaired) electrons. The Kier molecular flexibility index (Phi) is 5.58. The summed E-state index contributed by atoms with van der Waals surface area (Å²) in [4.78, 5) is 2.59. The van der Waals surface area contributed by atoms with Crippen molar-refractivity contribution < 1.29 is 0 Å². The molecule has 1 aliphatic heterocycles. The van der Waals surface area contributed by atoms with Crippen LogP contribution in [0, 0.1) is 0 Å². The molecule has 0 aliphatic carbocycles. The molecule has 90 valence electrons. The van der Waals surface area contributed by atoms with Crippen molar-refractivity contribution in [3.63, 3.8) is 0 Å². The molecule has 0 bridgehead atoms. The Hall–Kier alpha value is -0.120. The SMILES string of the molecule is CCCCNCC(C)(C)N1CCNCC1. The van der Waals surface area contributed by atoms with Gasteiger partial charge in [0, 0.05) is 38.3 Å². The number of nitrogens with one attached hydrogen (secondary N) is 2. The standard InChI is InChI=1S/C12H27N3/c1-4-5-6-14-11-12(2,3)15-9-7-13-8-10-15/h13-14H,4-11H2,1-3H3. The second-order valence-electron chi connectivity index (χ2n) is 5.08. The van der Waals surface area contributed by atoms with E-state index in [0.29, 0.717) is 5.54 Å². The molecule has 1 saturated heterocycles. The topological polar surface area (TPSA) is 27.3 Å². The van der Waals surface area contributed by atoms with Crippen LogP contribution in [0.15, 0.2) is 0 Å². The second kappa shape index (κ2) is 6.46. The van der Waals surface area contributed by atoms with Gasteiger partial charge in [-0.2, -0.15) is 0 Å². The summed E-state index contributed by atoms with van der Waals surface area (Å²) in [5.41, 5.74) is 0.301. The van der Waals surface area contributed by atoms with Crippen LogP contribution in [0.2, 0.25) is 0 Å². The highest BCUT2D eigenvalue weighted by Crippen LogP contribution is 2.13. The molecule has 1 heterocycles. The predicted octanol–water partition coefficient (Wildman–Crippen LogP) is 1.06. The van der Waals surface area contributed by atoms with Crippen LogP contribution in [0.3, 0.4) is 0 Å². The monoisotopic (exact) mass is 213 g/mol. The first kappa shape index (κ1) is 12.9. The van der Waals surface area contributed by atoms with Crippen LogP contribution in [0.1, 0.15) is 33.6 Å². The van der Waals surface area contributed by atoms with Gasteiger partial charge in [-0.05, 0) is 26.8 Å². The molecule has 2 N–H and O–H groups in total. The van der Waals surface area contributed by atoms with Crippen molar-refractivity contribution >= 4 is 0 Å². The Bertz CT molecular complexity index is 162. The third-order valence-corrected chi connectivity index (χ3v) is 3.24. The molecule has 15 heavy (non-hydrogen) atoms. The van der Waals surface area contributed by atoms with Crippen LogP contribution >= 0.6 is 0 Å². The molecule has 3 nitrogen and oxygen atoms in total. The molecule has 0 spiro atoms. The van der Waals surface area contributed by atoms with Gasteiger partial charge in [0.25, 0.3) is 0 Å². The molecule has 0 saturated carbocycles. The van der Waals surface area contributed by atoms with E-state index in [1.54, 1.807) is 0 Å². The van der Waals surface area contributed by atoms with Gasteiger partial charge in [0.15, 0.2) is 0 Å². The second-order valence-corrected chi connectivity index (χ2v) is 5.08. The number of hydrogen-bond acceptors (Lipinski definition) is 3. The van der Waals surface area contributed by atoms with E-state index in [1.165, 1.54) is 25.9 Å². The summed E-state index contributed by atoms with van der Waals surface area (Å²) in [6.45, 7) is 13.8. The molecule has 3 heteroatoms. The summed E-state index contributed by atoms with van der Waals surface area (Å²) >= 11 is 0.